The summed E-state index contributed by atoms with van der Waals surface area (Å²) in [7, 11) is 0. The van der Waals surface area contributed by atoms with E-state index >= 15 is 0 Å². The van der Waals surface area contributed by atoms with Gasteiger partial charge in [-0.3, -0.25) is 14.4 Å². The maximum Gasteiger partial charge on any atom is 0.254 e. The summed E-state index contributed by atoms with van der Waals surface area (Å²) in [6, 6.07) is 8.90. The smallest absolute Gasteiger partial charge is 0.254 e. The molecule has 1 fully saturated rings. The number of phenolic OH excluding ortho intramolecular Hbond substituents is 1. The number of carbonyl (C=O) groups excluding carboxylic acids is 3. The normalized spacial score (nSPS) is 19.1. The van der Waals surface area contributed by atoms with Crippen molar-refractivity contribution in [1.29, 1.82) is 0 Å². The number of aliphatic hydroxyl groups is 1. The first-order chi connectivity index (χ1) is 17.7. The molecular formula is C29H38ClN3O5. The molecule has 206 valence electrons. The third-order valence-corrected chi connectivity index (χ3v) is 7.05. The monoisotopic (exact) mass is 543 g/mol. The van der Waals surface area contributed by atoms with Crippen LogP contribution in [0.5, 0.6) is 5.75 Å². The van der Waals surface area contributed by atoms with Crippen LogP contribution in [0.2, 0.25) is 0 Å². The van der Waals surface area contributed by atoms with E-state index in [4.69, 9.17) is 11.6 Å². The summed E-state index contributed by atoms with van der Waals surface area (Å²) in [4.78, 5) is 41.3. The maximum atomic E-state index is 13.6. The molecule has 0 radical (unpaired) electrons. The van der Waals surface area contributed by atoms with Gasteiger partial charge in [-0.05, 0) is 71.6 Å². The molecule has 9 heteroatoms. The summed E-state index contributed by atoms with van der Waals surface area (Å²) in [6.45, 7) is 11.0. The zero-order valence-electron chi connectivity index (χ0n) is 22.8. The van der Waals surface area contributed by atoms with Crippen molar-refractivity contribution in [3.63, 3.8) is 0 Å². The highest BCUT2D eigenvalue weighted by Gasteiger charge is 2.43. The predicted molar refractivity (Wildman–Crippen MR) is 147 cm³/mol. The fraction of sp³-hybridized carbons (Fsp3) is 0.483. The van der Waals surface area contributed by atoms with Crippen molar-refractivity contribution >= 4 is 29.3 Å². The van der Waals surface area contributed by atoms with Gasteiger partial charge in [-0.15, -0.1) is 11.6 Å². The van der Waals surface area contributed by atoms with E-state index in [1.165, 1.54) is 11.0 Å². The summed E-state index contributed by atoms with van der Waals surface area (Å²) >= 11 is 6.35. The van der Waals surface area contributed by atoms with Crippen molar-refractivity contribution in [2.45, 2.75) is 83.5 Å². The second-order valence-corrected chi connectivity index (χ2v) is 11.8. The third kappa shape index (κ3) is 7.05. The van der Waals surface area contributed by atoms with Crippen molar-refractivity contribution in [3.05, 3.63) is 64.2 Å². The molecule has 0 aromatic heterocycles. The minimum absolute atomic E-state index is 0.0228. The zero-order chi connectivity index (χ0) is 28.4. The van der Waals surface area contributed by atoms with Crippen molar-refractivity contribution < 1.29 is 24.6 Å². The predicted octanol–water partition coefficient (Wildman–Crippen LogP) is 3.14. The number of nitrogens with zero attached hydrogens (tertiary/aromatic N) is 1. The number of hydrogen-bond acceptors (Lipinski definition) is 5. The van der Waals surface area contributed by atoms with Crippen LogP contribution >= 0.6 is 11.6 Å². The first-order valence-corrected chi connectivity index (χ1v) is 13.2. The third-order valence-electron chi connectivity index (χ3n) is 6.73. The van der Waals surface area contributed by atoms with Gasteiger partial charge in [0, 0.05) is 23.2 Å². The number of hydrogen-bond donors (Lipinski definition) is 4. The number of amides is 3. The lowest BCUT2D eigenvalue weighted by Crippen LogP contribution is -2.57. The molecule has 1 aliphatic rings. The Balaban J connectivity index is 1.90. The van der Waals surface area contributed by atoms with Crippen LogP contribution < -0.4 is 10.6 Å². The summed E-state index contributed by atoms with van der Waals surface area (Å²) in [5.74, 6) is -1.56. The minimum Gasteiger partial charge on any atom is -0.508 e. The zero-order valence-corrected chi connectivity index (χ0v) is 23.6. The average molecular weight is 544 g/mol. The van der Waals surface area contributed by atoms with Crippen LogP contribution in [0.15, 0.2) is 36.4 Å². The van der Waals surface area contributed by atoms with Crippen LogP contribution in [0, 0.1) is 20.8 Å². The lowest BCUT2D eigenvalue weighted by atomic mass is 9.97. The molecule has 4 atom stereocenters. The SMILES string of the molecule is Cc1ccc(C[C@H](NC(=O)c2c(C)ccc(O)c2C)[C@H](O)C(=O)N2C[C@@H](Cl)C[C@H]2C(=O)NC(C)(C)C)cc1. The number of carbonyl (C=O) groups is 3. The number of rotatable bonds is 7. The Bertz CT molecular complexity index is 1190. The fourth-order valence-electron chi connectivity index (χ4n) is 4.72. The van der Waals surface area contributed by atoms with Crippen LogP contribution in [0.4, 0.5) is 0 Å². The van der Waals surface area contributed by atoms with E-state index < -0.39 is 40.9 Å². The summed E-state index contributed by atoms with van der Waals surface area (Å²) in [6.07, 6.45) is -1.20. The Labute approximate surface area is 229 Å². The molecule has 0 saturated carbocycles. The van der Waals surface area contributed by atoms with Crippen LogP contribution in [0.3, 0.4) is 0 Å². The van der Waals surface area contributed by atoms with Crippen molar-refractivity contribution in [2.24, 2.45) is 0 Å². The quantitative estimate of drug-likeness (QED) is 0.400. The number of aliphatic hydroxyl groups excluding tert-OH is 1. The number of aromatic hydroxyl groups is 1. The van der Waals surface area contributed by atoms with Gasteiger partial charge in [0.1, 0.15) is 11.8 Å². The molecule has 2 aromatic carbocycles. The van der Waals surface area contributed by atoms with Crippen LogP contribution in [-0.2, 0) is 16.0 Å². The number of nitrogens with one attached hydrogen (secondary N) is 2. The molecule has 3 amide bonds. The number of phenols is 1. The number of likely N-dealkylation sites (tertiary alicyclic amines) is 1. The van der Waals surface area contributed by atoms with Gasteiger partial charge >= 0.3 is 0 Å². The molecule has 0 unspecified atom stereocenters. The van der Waals surface area contributed by atoms with Gasteiger partial charge in [0.05, 0.1) is 11.4 Å². The van der Waals surface area contributed by atoms with Crippen molar-refractivity contribution in [1.82, 2.24) is 15.5 Å². The van der Waals surface area contributed by atoms with Gasteiger partial charge < -0.3 is 25.7 Å². The highest BCUT2D eigenvalue weighted by Crippen LogP contribution is 2.26. The lowest BCUT2D eigenvalue weighted by molar-refractivity contribution is -0.146. The number of aryl methyl sites for hydroxylation is 2. The highest BCUT2D eigenvalue weighted by atomic mass is 35.5. The minimum atomic E-state index is -1.63. The standard InChI is InChI=1S/C29H38ClN3O5/c1-16-7-10-19(11-8-16)13-21(31-27(37)24-17(2)9-12-23(34)18(24)3)25(35)28(38)33-15-20(30)14-22(33)26(36)32-29(4,5)6/h7-12,20-22,25,34-35H,13-15H2,1-6H3,(H,31,37)(H,32,36)/t20-,21-,22-,25-/m0/s1. The van der Waals surface area contributed by atoms with E-state index in [-0.39, 0.29) is 36.6 Å². The Morgan fingerprint density at radius 2 is 1.71 bits per heavy atom. The van der Waals surface area contributed by atoms with Crippen LogP contribution in [0.1, 0.15) is 59.8 Å². The highest BCUT2D eigenvalue weighted by molar-refractivity contribution is 6.21. The number of benzene rings is 2. The second-order valence-electron chi connectivity index (χ2n) is 11.2. The molecule has 1 saturated heterocycles. The molecule has 3 rings (SSSR count). The van der Waals surface area contributed by atoms with Gasteiger partial charge in [0.25, 0.3) is 11.8 Å². The van der Waals surface area contributed by atoms with E-state index in [0.717, 1.165) is 11.1 Å². The Kier molecular flexibility index (Phi) is 9.10. The van der Waals surface area contributed by atoms with Crippen LogP contribution in [0.25, 0.3) is 0 Å². The molecule has 0 aliphatic carbocycles. The first-order valence-electron chi connectivity index (χ1n) is 12.8. The van der Waals surface area contributed by atoms with E-state index in [1.807, 2.05) is 52.0 Å². The van der Waals surface area contributed by atoms with Gasteiger partial charge in [-0.25, -0.2) is 0 Å². The molecule has 0 spiro atoms. The molecule has 8 nitrogen and oxygen atoms in total. The van der Waals surface area contributed by atoms with Crippen molar-refractivity contribution in [3.8, 4) is 5.75 Å². The molecule has 4 N–H and O–H groups in total. The molecule has 2 aromatic rings. The number of alkyl halides is 1. The Morgan fingerprint density at radius 3 is 2.32 bits per heavy atom. The van der Waals surface area contributed by atoms with E-state index in [0.29, 0.717) is 11.1 Å². The summed E-state index contributed by atoms with van der Waals surface area (Å²) < 4.78 is 0. The summed E-state index contributed by atoms with van der Waals surface area (Å²) in [5, 5.41) is 26.8. The Morgan fingerprint density at radius 1 is 1.08 bits per heavy atom. The van der Waals surface area contributed by atoms with E-state index in [1.54, 1.807) is 19.9 Å². The number of halogens is 1. The summed E-state index contributed by atoms with van der Waals surface area (Å²) in [5.41, 5.74) is 2.69. The lowest BCUT2D eigenvalue weighted by Gasteiger charge is -2.32. The molecular weight excluding hydrogens is 506 g/mol. The van der Waals surface area contributed by atoms with Crippen molar-refractivity contribution in [2.75, 3.05) is 6.54 Å². The van der Waals surface area contributed by atoms with Gasteiger partial charge in [0.15, 0.2) is 6.10 Å². The van der Waals surface area contributed by atoms with Gasteiger partial charge in [0.2, 0.25) is 5.91 Å². The topological polar surface area (TPSA) is 119 Å². The largest absolute Gasteiger partial charge is 0.508 e. The van der Waals surface area contributed by atoms with Gasteiger partial charge in [-0.1, -0.05) is 35.9 Å². The van der Waals surface area contributed by atoms with Crippen LogP contribution in [-0.4, -0.2) is 68.5 Å². The molecule has 1 aliphatic heterocycles. The Hall–Kier alpha value is -3.10. The fourth-order valence-corrected chi connectivity index (χ4v) is 5.03. The van der Waals surface area contributed by atoms with E-state index in [2.05, 4.69) is 10.6 Å². The average Bonchev–Trinajstić information content (AvgIpc) is 3.22. The van der Waals surface area contributed by atoms with Gasteiger partial charge in [-0.2, -0.15) is 0 Å². The molecule has 1 heterocycles. The molecule has 0 bridgehead atoms. The first kappa shape index (κ1) is 29.5. The second kappa shape index (κ2) is 11.7. The molecule has 38 heavy (non-hydrogen) atoms. The van der Waals surface area contributed by atoms with E-state index in [9.17, 15) is 24.6 Å². The maximum absolute atomic E-state index is 13.6.